The number of carbonyl (C=O) groups is 1. The van der Waals surface area contributed by atoms with Crippen LogP contribution in [-0.2, 0) is 4.74 Å². The molecule has 0 aliphatic carbocycles. The molecular formula is C15H19NO3. The Hall–Kier alpha value is -2.02. The van der Waals surface area contributed by atoms with Gasteiger partial charge in [0.25, 0.3) is 0 Å². The molecule has 19 heavy (non-hydrogen) atoms. The third-order valence-corrected chi connectivity index (χ3v) is 2.98. The van der Waals surface area contributed by atoms with Gasteiger partial charge in [-0.3, -0.25) is 0 Å². The number of benzene rings is 1. The molecule has 0 fully saturated rings. The number of carbonyl (C=O) groups excluding carboxylic acids is 1. The minimum Gasteiger partial charge on any atom is -0.508 e. The standard InChI is InChI=1S/C15H19NO3/c1-3-4-9-15(2,10-16)11-19-14(18)12-5-7-13(17)8-6-12/h5-8,17H,3-4,9,11H2,1-2H3. The first-order valence-electron chi connectivity index (χ1n) is 6.38. The second-order valence-electron chi connectivity index (χ2n) is 4.90. The normalized spacial score (nSPS) is 13.3. The lowest BCUT2D eigenvalue weighted by molar-refractivity contribution is 0.0377. The second-order valence-corrected chi connectivity index (χ2v) is 4.90. The SMILES string of the molecule is CCCCC(C)(C#N)COC(=O)c1ccc(O)cc1. The van der Waals surface area contributed by atoms with Crippen molar-refractivity contribution in [2.75, 3.05) is 6.61 Å². The monoisotopic (exact) mass is 261 g/mol. The van der Waals surface area contributed by atoms with E-state index in [1.54, 1.807) is 6.92 Å². The fourth-order valence-corrected chi connectivity index (χ4v) is 1.63. The maximum atomic E-state index is 11.8. The number of rotatable bonds is 6. The Labute approximate surface area is 113 Å². The van der Waals surface area contributed by atoms with E-state index in [0.717, 1.165) is 12.8 Å². The first-order chi connectivity index (χ1) is 9.00. The minimum absolute atomic E-state index is 0.0865. The maximum Gasteiger partial charge on any atom is 0.338 e. The largest absolute Gasteiger partial charge is 0.508 e. The summed E-state index contributed by atoms with van der Waals surface area (Å²) in [7, 11) is 0. The van der Waals surface area contributed by atoms with E-state index in [0.29, 0.717) is 12.0 Å². The number of nitriles is 1. The van der Waals surface area contributed by atoms with Crippen LogP contribution in [0.5, 0.6) is 5.75 Å². The summed E-state index contributed by atoms with van der Waals surface area (Å²) in [5.74, 6) is -0.376. The molecule has 1 N–H and O–H groups in total. The van der Waals surface area contributed by atoms with Gasteiger partial charge in [0.1, 0.15) is 12.4 Å². The number of unbranched alkanes of at least 4 members (excludes halogenated alkanes) is 1. The van der Waals surface area contributed by atoms with Crippen LogP contribution in [0.25, 0.3) is 0 Å². The first kappa shape index (κ1) is 15.0. The van der Waals surface area contributed by atoms with Gasteiger partial charge in [-0.05, 0) is 37.6 Å². The molecule has 0 bridgehead atoms. The number of esters is 1. The van der Waals surface area contributed by atoms with Crippen LogP contribution in [0.2, 0.25) is 0 Å². The number of phenolic OH excluding ortho intramolecular Hbond substituents is 1. The number of aromatic hydroxyl groups is 1. The van der Waals surface area contributed by atoms with Gasteiger partial charge in [0.05, 0.1) is 17.0 Å². The number of nitrogens with zero attached hydrogens (tertiary/aromatic N) is 1. The fraction of sp³-hybridized carbons (Fsp3) is 0.467. The van der Waals surface area contributed by atoms with Gasteiger partial charge in [-0.2, -0.15) is 5.26 Å². The molecular weight excluding hydrogens is 242 g/mol. The molecule has 0 saturated carbocycles. The van der Waals surface area contributed by atoms with E-state index in [-0.39, 0.29) is 12.4 Å². The van der Waals surface area contributed by atoms with Crippen LogP contribution < -0.4 is 0 Å². The quantitative estimate of drug-likeness (QED) is 0.798. The van der Waals surface area contributed by atoms with Gasteiger partial charge in [0.15, 0.2) is 0 Å². The summed E-state index contributed by atoms with van der Waals surface area (Å²) < 4.78 is 5.18. The van der Waals surface area contributed by atoms with Crippen molar-refractivity contribution in [1.82, 2.24) is 0 Å². The molecule has 0 spiro atoms. The molecule has 0 aliphatic rings. The summed E-state index contributed by atoms with van der Waals surface area (Å²) in [6.07, 6.45) is 2.65. The Morgan fingerprint density at radius 2 is 2.05 bits per heavy atom. The van der Waals surface area contributed by atoms with Crippen molar-refractivity contribution in [1.29, 1.82) is 5.26 Å². The lowest BCUT2D eigenvalue weighted by atomic mass is 9.87. The fourth-order valence-electron chi connectivity index (χ4n) is 1.63. The average molecular weight is 261 g/mol. The first-order valence-corrected chi connectivity index (χ1v) is 6.38. The van der Waals surface area contributed by atoms with E-state index >= 15 is 0 Å². The molecule has 1 aromatic rings. The van der Waals surface area contributed by atoms with Crippen LogP contribution in [0, 0.1) is 16.7 Å². The summed E-state index contributed by atoms with van der Waals surface area (Å²) in [5, 5.41) is 18.3. The highest BCUT2D eigenvalue weighted by molar-refractivity contribution is 5.89. The number of ether oxygens (including phenoxy) is 1. The highest BCUT2D eigenvalue weighted by Gasteiger charge is 2.25. The Kier molecular flexibility index (Phi) is 5.37. The van der Waals surface area contributed by atoms with Gasteiger partial charge in [0, 0.05) is 0 Å². The smallest absolute Gasteiger partial charge is 0.338 e. The summed E-state index contributed by atoms with van der Waals surface area (Å²) in [6.45, 7) is 3.94. The molecule has 4 heteroatoms. The van der Waals surface area contributed by atoms with Crippen molar-refractivity contribution in [3.05, 3.63) is 29.8 Å². The molecule has 102 valence electrons. The molecule has 1 aromatic carbocycles. The van der Waals surface area contributed by atoms with E-state index in [1.807, 2.05) is 0 Å². The molecule has 0 heterocycles. The summed E-state index contributed by atoms with van der Waals surface area (Å²) in [5.41, 5.74) is -0.267. The van der Waals surface area contributed by atoms with E-state index < -0.39 is 11.4 Å². The highest BCUT2D eigenvalue weighted by atomic mass is 16.5. The molecule has 0 radical (unpaired) electrons. The summed E-state index contributed by atoms with van der Waals surface area (Å²) >= 11 is 0. The van der Waals surface area contributed by atoms with Crippen LogP contribution in [0.1, 0.15) is 43.5 Å². The van der Waals surface area contributed by atoms with Crippen molar-refractivity contribution >= 4 is 5.97 Å². The van der Waals surface area contributed by atoms with Gasteiger partial charge < -0.3 is 9.84 Å². The highest BCUT2D eigenvalue weighted by Crippen LogP contribution is 2.24. The maximum absolute atomic E-state index is 11.8. The van der Waals surface area contributed by atoms with E-state index in [1.165, 1.54) is 24.3 Å². The van der Waals surface area contributed by atoms with Gasteiger partial charge in [-0.25, -0.2) is 4.79 Å². The molecule has 1 unspecified atom stereocenters. The predicted molar refractivity (Wildman–Crippen MR) is 71.6 cm³/mol. The predicted octanol–water partition coefficient (Wildman–Crippen LogP) is 3.27. The van der Waals surface area contributed by atoms with Crippen molar-refractivity contribution in [3.8, 4) is 11.8 Å². The van der Waals surface area contributed by atoms with Gasteiger partial charge in [-0.1, -0.05) is 19.8 Å². The Bertz CT molecular complexity index is 461. The van der Waals surface area contributed by atoms with Crippen molar-refractivity contribution in [3.63, 3.8) is 0 Å². The third kappa shape index (κ3) is 4.63. The van der Waals surface area contributed by atoms with Crippen molar-refractivity contribution in [2.45, 2.75) is 33.1 Å². The van der Waals surface area contributed by atoms with Crippen LogP contribution in [0.15, 0.2) is 24.3 Å². The molecule has 0 amide bonds. The lowest BCUT2D eigenvalue weighted by Crippen LogP contribution is -2.23. The molecule has 1 atom stereocenters. The second kappa shape index (κ2) is 6.79. The molecule has 0 aliphatic heterocycles. The van der Waals surface area contributed by atoms with Crippen LogP contribution >= 0.6 is 0 Å². The number of hydrogen-bond donors (Lipinski definition) is 1. The minimum atomic E-state index is -0.636. The molecule has 0 aromatic heterocycles. The average Bonchev–Trinajstić information content (AvgIpc) is 2.43. The zero-order valence-electron chi connectivity index (χ0n) is 11.3. The van der Waals surface area contributed by atoms with Gasteiger partial charge >= 0.3 is 5.97 Å². The number of phenols is 1. The summed E-state index contributed by atoms with van der Waals surface area (Å²) in [6, 6.07) is 8.05. The topological polar surface area (TPSA) is 70.3 Å². The zero-order chi connectivity index (χ0) is 14.3. The number of hydrogen-bond acceptors (Lipinski definition) is 4. The summed E-state index contributed by atoms with van der Waals surface area (Å²) in [4.78, 5) is 11.8. The molecule has 4 nitrogen and oxygen atoms in total. The van der Waals surface area contributed by atoms with Crippen molar-refractivity contribution in [2.24, 2.45) is 5.41 Å². The van der Waals surface area contributed by atoms with Crippen molar-refractivity contribution < 1.29 is 14.6 Å². The van der Waals surface area contributed by atoms with Crippen LogP contribution in [0.3, 0.4) is 0 Å². The molecule has 0 saturated heterocycles. The Morgan fingerprint density at radius 1 is 1.42 bits per heavy atom. The van der Waals surface area contributed by atoms with Gasteiger partial charge in [-0.15, -0.1) is 0 Å². The zero-order valence-corrected chi connectivity index (χ0v) is 11.3. The van der Waals surface area contributed by atoms with E-state index in [9.17, 15) is 4.79 Å². The molecule has 1 rings (SSSR count). The van der Waals surface area contributed by atoms with Crippen LogP contribution in [-0.4, -0.2) is 17.7 Å². The van der Waals surface area contributed by atoms with E-state index in [4.69, 9.17) is 15.1 Å². The van der Waals surface area contributed by atoms with Crippen LogP contribution in [0.4, 0.5) is 0 Å². The lowest BCUT2D eigenvalue weighted by Gasteiger charge is -2.20. The van der Waals surface area contributed by atoms with Gasteiger partial charge in [0.2, 0.25) is 0 Å². The van der Waals surface area contributed by atoms with E-state index in [2.05, 4.69) is 13.0 Å². The Balaban J connectivity index is 2.58. The Morgan fingerprint density at radius 3 is 2.58 bits per heavy atom. The third-order valence-electron chi connectivity index (χ3n) is 2.98.